The van der Waals surface area contributed by atoms with E-state index in [9.17, 15) is 0 Å². The number of hydrogen-bond donors (Lipinski definition) is 0. The third-order valence-corrected chi connectivity index (χ3v) is 14.9. The molecule has 0 aliphatic rings. The second kappa shape index (κ2) is 13.2. The van der Waals surface area contributed by atoms with E-state index in [2.05, 4.69) is 198 Å². The fourth-order valence-electron chi connectivity index (χ4n) is 9.97. The minimum atomic E-state index is 0.156. The Balaban J connectivity index is 1.18. The number of aryl methyl sites for hydroxylation is 4. The molecule has 0 atom stereocenters. The van der Waals surface area contributed by atoms with E-state index in [4.69, 9.17) is 0 Å². The molecule has 0 radical (unpaired) electrons. The van der Waals surface area contributed by atoms with Crippen molar-refractivity contribution in [1.82, 2.24) is 0 Å². The van der Waals surface area contributed by atoms with Crippen LogP contribution in [0, 0.1) is 27.7 Å². The summed E-state index contributed by atoms with van der Waals surface area (Å²) in [5, 5.41) is 13.2. The molecule has 0 aliphatic carbocycles. The molecule has 0 N–H and O–H groups in total. The molecule has 0 unspecified atom stereocenters. The van der Waals surface area contributed by atoms with Crippen LogP contribution in [0.25, 0.3) is 107 Å². The SMILES string of the molecule is Cc1cccc(C)c1-c1c2ccccc2c(-c2ccc3[se]c4c(-c5c6ccccc6c(-c6c(C)cccc6C)c6ccccc56)cccc4c3c2)c2ccccc12. The predicted octanol–water partition coefficient (Wildman–Crippen LogP) is 15.6. The van der Waals surface area contributed by atoms with Gasteiger partial charge in [-0.3, -0.25) is 0 Å². The van der Waals surface area contributed by atoms with E-state index in [1.807, 2.05) is 0 Å². The summed E-state index contributed by atoms with van der Waals surface area (Å²) >= 11 is 0.156. The van der Waals surface area contributed by atoms with Gasteiger partial charge < -0.3 is 0 Å². The van der Waals surface area contributed by atoms with Crippen molar-refractivity contribution in [2.24, 2.45) is 0 Å². The van der Waals surface area contributed by atoms with E-state index in [0.717, 1.165) is 0 Å². The average molecular weight is 792 g/mol. The number of rotatable bonds is 4. The van der Waals surface area contributed by atoms with Crippen molar-refractivity contribution in [2.45, 2.75) is 27.7 Å². The molecule has 0 fully saturated rings. The monoisotopic (exact) mass is 792 g/mol. The molecule has 0 saturated carbocycles. The van der Waals surface area contributed by atoms with E-state index < -0.39 is 0 Å². The topological polar surface area (TPSA) is 0 Å². The van der Waals surface area contributed by atoms with Crippen molar-refractivity contribution in [1.29, 1.82) is 0 Å². The van der Waals surface area contributed by atoms with Crippen molar-refractivity contribution in [2.75, 3.05) is 0 Å². The molecule has 0 saturated heterocycles. The first-order valence-electron chi connectivity index (χ1n) is 19.9. The number of benzene rings is 10. The molecule has 1 aromatic heterocycles. The summed E-state index contributed by atoms with van der Waals surface area (Å²) in [6, 6.07) is 64.0. The van der Waals surface area contributed by atoms with Gasteiger partial charge >= 0.3 is 341 Å². The van der Waals surface area contributed by atoms with Gasteiger partial charge in [0.05, 0.1) is 0 Å². The first-order chi connectivity index (χ1) is 28.0. The van der Waals surface area contributed by atoms with Crippen molar-refractivity contribution < 1.29 is 0 Å². The Morgan fingerprint density at radius 3 is 1.09 bits per heavy atom. The van der Waals surface area contributed by atoms with Gasteiger partial charge in [-0.15, -0.1) is 0 Å². The van der Waals surface area contributed by atoms with Gasteiger partial charge in [0.2, 0.25) is 0 Å². The standard InChI is InChI=1S/C56H40Se/c1-33-16-13-17-34(2)50(33)54-42-24-9-5-20-38(42)52(39-21-6-10-25-43(39)54)37-30-31-49-48(32-37)46-28-15-29-47(56(46)57-49)53-40-22-7-11-26-44(40)55(45-27-12-8-23-41(45)53)51-35(3)18-14-19-36(51)4/h5-32H,1-4H3. The third kappa shape index (κ3) is 5.13. The predicted molar refractivity (Wildman–Crippen MR) is 249 cm³/mol. The fraction of sp³-hybridized carbons (Fsp3) is 0.0714. The van der Waals surface area contributed by atoms with E-state index in [1.54, 1.807) is 0 Å². The van der Waals surface area contributed by atoms with Crippen LogP contribution in [-0.4, -0.2) is 14.5 Å². The van der Waals surface area contributed by atoms with Gasteiger partial charge in [-0.2, -0.15) is 0 Å². The fourth-order valence-corrected chi connectivity index (χ4v) is 12.5. The Morgan fingerprint density at radius 1 is 0.281 bits per heavy atom. The van der Waals surface area contributed by atoms with E-state index in [0.29, 0.717) is 0 Å². The Kier molecular flexibility index (Phi) is 7.87. The molecule has 0 spiro atoms. The van der Waals surface area contributed by atoms with Crippen molar-refractivity contribution in [3.05, 3.63) is 192 Å². The van der Waals surface area contributed by atoms with Crippen LogP contribution in [0.2, 0.25) is 0 Å². The van der Waals surface area contributed by atoms with E-state index >= 15 is 0 Å². The molecule has 270 valence electrons. The third-order valence-electron chi connectivity index (χ3n) is 12.4. The van der Waals surface area contributed by atoms with Crippen LogP contribution in [0.5, 0.6) is 0 Å². The van der Waals surface area contributed by atoms with Crippen LogP contribution in [0.15, 0.2) is 170 Å². The van der Waals surface area contributed by atoms with E-state index in [1.165, 1.54) is 129 Å². The molecule has 10 aromatic carbocycles. The van der Waals surface area contributed by atoms with Crippen molar-refractivity contribution >= 4 is 76.9 Å². The second-order valence-corrected chi connectivity index (χ2v) is 17.9. The molecule has 11 rings (SSSR count). The Hall–Kier alpha value is -6.24. The van der Waals surface area contributed by atoms with Crippen LogP contribution in [0.3, 0.4) is 0 Å². The zero-order valence-electron chi connectivity index (χ0n) is 32.6. The number of fused-ring (bicyclic) bond motifs is 7. The molecular weight excluding hydrogens is 752 g/mol. The van der Waals surface area contributed by atoms with Gasteiger partial charge in [0.15, 0.2) is 0 Å². The molecule has 11 aromatic rings. The van der Waals surface area contributed by atoms with Crippen molar-refractivity contribution in [3.63, 3.8) is 0 Å². The van der Waals surface area contributed by atoms with Gasteiger partial charge in [-0.25, -0.2) is 0 Å². The van der Waals surface area contributed by atoms with E-state index in [-0.39, 0.29) is 14.5 Å². The normalized spacial score (nSPS) is 11.9. The zero-order valence-corrected chi connectivity index (χ0v) is 34.3. The quantitative estimate of drug-likeness (QED) is 0.123. The molecule has 0 bridgehead atoms. The Bertz CT molecular complexity index is 3290. The maximum atomic E-state index is 2.50. The zero-order chi connectivity index (χ0) is 38.4. The summed E-state index contributed by atoms with van der Waals surface area (Å²) < 4.78 is 2.93. The molecular formula is C56H40Se. The van der Waals surface area contributed by atoms with Crippen LogP contribution in [0.4, 0.5) is 0 Å². The summed E-state index contributed by atoms with van der Waals surface area (Å²) in [7, 11) is 0. The Morgan fingerprint density at radius 2 is 0.649 bits per heavy atom. The molecule has 1 heteroatoms. The second-order valence-electron chi connectivity index (χ2n) is 15.7. The summed E-state index contributed by atoms with van der Waals surface area (Å²) in [4.78, 5) is 0. The van der Waals surface area contributed by atoms with Gasteiger partial charge in [0.1, 0.15) is 0 Å². The van der Waals surface area contributed by atoms with Gasteiger partial charge in [-0.05, 0) is 0 Å². The van der Waals surface area contributed by atoms with Crippen LogP contribution in [0.1, 0.15) is 22.3 Å². The van der Waals surface area contributed by atoms with Crippen LogP contribution >= 0.6 is 0 Å². The molecule has 57 heavy (non-hydrogen) atoms. The summed E-state index contributed by atoms with van der Waals surface area (Å²) in [5.41, 5.74) is 15.9. The molecule has 0 aliphatic heterocycles. The summed E-state index contributed by atoms with van der Waals surface area (Å²) in [5.74, 6) is 0. The van der Waals surface area contributed by atoms with Crippen molar-refractivity contribution in [3.8, 4) is 44.5 Å². The first-order valence-corrected chi connectivity index (χ1v) is 21.7. The van der Waals surface area contributed by atoms with Crippen LogP contribution < -0.4 is 0 Å². The Labute approximate surface area is 339 Å². The van der Waals surface area contributed by atoms with Gasteiger partial charge in [-0.1, -0.05) is 0 Å². The molecule has 0 amide bonds. The van der Waals surface area contributed by atoms with Gasteiger partial charge in [0.25, 0.3) is 0 Å². The van der Waals surface area contributed by atoms with Gasteiger partial charge in [0, 0.05) is 0 Å². The minimum absolute atomic E-state index is 0.156. The maximum absolute atomic E-state index is 2.50. The average Bonchev–Trinajstić information content (AvgIpc) is 3.61. The number of hydrogen-bond acceptors (Lipinski definition) is 0. The first kappa shape index (κ1) is 34.0. The summed E-state index contributed by atoms with van der Waals surface area (Å²) in [6.45, 7) is 9.00. The van der Waals surface area contributed by atoms with Crippen LogP contribution in [-0.2, 0) is 0 Å². The molecule has 0 nitrogen and oxygen atoms in total. The molecule has 1 heterocycles. The summed E-state index contributed by atoms with van der Waals surface area (Å²) in [6.07, 6.45) is 0.